The van der Waals surface area contributed by atoms with Crippen LogP contribution in [0.25, 0.3) is 0 Å². The number of amides is 1. The lowest BCUT2D eigenvalue weighted by Gasteiger charge is -2.15. The van der Waals surface area contributed by atoms with E-state index >= 15 is 0 Å². The van der Waals surface area contributed by atoms with E-state index < -0.39 is 0 Å². The van der Waals surface area contributed by atoms with Gasteiger partial charge in [-0.1, -0.05) is 26.7 Å². The molecule has 14 heavy (non-hydrogen) atoms. The van der Waals surface area contributed by atoms with E-state index in [1.54, 1.807) is 0 Å². The predicted octanol–water partition coefficient (Wildman–Crippen LogP) is 1.81. The van der Waals surface area contributed by atoms with Gasteiger partial charge in [0, 0.05) is 12.5 Å². The summed E-state index contributed by atoms with van der Waals surface area (Å²) in [7, 11) is 0. The second kappa shape index (κ2) is 9.00. The first-order valence-corrected chi connectivity index (χ1v) is 5.74. The third kappa shape index (κ3) is 6.89. The van der Waals surface area contributed by atoms with Crippen molar-refractivity contribution < 1.29 is 4.79 Å². The van der Waals surface area contributed by atoms with Gasteiger partial charge in [-0.2, -0.15) is 0 Å². The molecule has 1 unspecified atom stereocenters. The van der Waals surface area contributed by atoms with Gasteiger partial charge in [0.2, 0.25) is 5.91 Å². The van der Waals surface area contributed by atoms with Crippen LogP contribution in [0.1, 0.15) is 52.4 Å². The van der Waals surface area contributed by atoms with Crippen molar-refractivity contribution in [2.45, 2.75) is 58.4 Å². The summed E-state index contributed by atoms with van der Waals surface area (Å²) in [6.45, 7) is 4.86. The zero-order valence-corrected chi connectivity index (χ0v) is 9.51. The number of hydrogen-bond donors (Lipinski definition) is 2. The van der Waals surface area contributed by atoms with E-state index in [4.69, 9.17) is 5.73 Å². The van der Waals surface area contributed by atoms with Crippen molar-refractivity contribution in [3.05, 3.63) is 0 Å². The van der Waals surface area contributed by atoms with E-state index in [1.807, 2.05) is 0 Å². The molecule has 1 atom stereocenters. The van der Waals surface area contributed by atoms with Gasteiger partial charge in [0.1, 0.15) is 0 Å². The molecule has 0 rings (SSSR count). The number of nitrogens with one attached hydrogen (secondary N) is 1. The maximum absolute atomic E-state index is 11.4. The average molecular weight is 200 g/mol. The van der Waals surface area contributed by atoms with Gasteiger partial charge >= 0.3 is 0 Å². The maximum Gasteiger partial charge on any atom is 0.220 e. The molecule has 0 aliphatic rings. The number of nitrogens with two attached hydrogens (primary N) is 1. The van der Waals surface area contributed by atoms with Gasteiger partial charge in [0.25, 0.3) is 0 Å². The lowest BCUT2D eigenvalue weighted by molar-refractivity contribution is -0.121. The van der Waals surface area contributed by atoms with Crippen LogP contribution in [0.15, 0.2) is 0 Å². The molecule has 0 bridgehead atoms. The van der Waals surface area contributed by atoms with E-state index in [0.717, 1.165) is 32.1 Å². The Balaban J connectivity index is 3.56. The van der Waals surface area contributed by atoms with Gasteiger partial charge in [-0.3, -0.25) is 4.79 Å². The number of rotatable bonds is 8. The predicted molar refractivity (Wildman–Crippen MR) is 60.0 cm³/mol. The fourth-order valence-corrected chi connectivity index (χ4v) is 1.41. The number of carbonyl (C=O) groups excluding carboxylic acids is 1. The van der Waals surface area contributed by atoms with E-state index in [0.29, 0.717) is 13.0 Å². The Hall–Kier alpha value is -0.570. The van der Waals surface area contributed by atoms with Crippen LogP contribution in [-0.2, 0) is 4.79 Å². The number of hydrogen-bond acceptors (Lipinski definition) is 2. The fourth-order valence-electron chi connectivity index (χ4n) is 1.41. The Morgan fingerprint density at radius 2 is 2.07 bits per heavy atom. The molecule has 3 N–H and O–H groups in total. The van der Waals surface area contributed by atoms with Gasteiger partial charge in [0.05, 0.1) is 0 Å². The van der Waals surface area contributed by atoms with E-state index in [9.17, 15) is 4.79 Å². The SMILES string of the molecule is CCCCCC(=O)NC(CC)CCN. The molecular weight excluding hydrogens is 176 g/mol. The standard InChI is InChI=1S/C11H24N2O/c1-3-5-6-7-11(14)13-10(4-2)8-9-12/h10H,3-9,12H2,1-2H3,(H,13,14). The highest BCUT2D eigenvalue weighted by Gasteiger charge is 2.08. The van der Waals surface area contributed by atoms with E-state index in [1.165, 1.54) is 0 Å². The van der Waals surface area contributed by atoms with Crippen LogP contribution in [0.5, 0.6) is 0 Å². The Morgan fingerprint density at radius 1 is 1.36 bits per heavy atom. The second-order valence-electron chi connectivity index (χ2n) is 3.71. The molecule has 0 aliphatic carbocycles. The minimum absolute atomic E-state index is 0.179. The molecule has 0 saturated heterocycles. The molecule has 0 radical (unpaired) electrons. The molecule has 0 aromatic carbocycles. The summed E-state index contributed by atoms with van der Waals surface area (Å²) in [5.41, 5.74) is 5.45. The van der Waals surface area contributed by atoms with Gasteiger partial charge in [-0.05, 0) is 25.8 Å². The van der Waals surface area contributed by atoms with Crippen molar-refractivity contribution >= 4 is 5.91 Å². The normalized spacial score (nSPS) is 12.5. The van der Waals surface area contributed by atoms with Gasteiger partial charge < -0.3 is 11.1 Å². The van der Waals surface area contributed by atoms with Crippen molar-refractivity contribution in [2.75, 3.05) is 6.54 Å². The third-order valence-corrected chi connectivity index (χ3v) is 2.38. The molecule has 1 amide bonds. The first-order chi connectivity index (χ1) is 6.74. The zero-order chi connectivity index (χ0) is 10.8. The van der Waals surface area contributed by atoms with Gasteiger partial charge in [0.15, 0.2) is 0 Å². The summed E-state index contributed by atoms with van der Waals surface area (Å²) >= 11 is 0. The minimum atomic E-state index is 0.179. The lowest BCUT2D eigenvalue weighted by atomic mass is 10.1. The largest absolute Gasteiger partial charge is 0.353 e. The van der Waals surface area contributed by atoms with Crippen LogP contribution in [-0.4, -0.2) is 18.5 Å². The Kier molecular flexibility index (Phi) is 8.64. The smallest absolute Gasteiger partial charge is 0.220 e. The van der Waals surface area contributed by atoms with Crippen molar-refractivity contribution in [3.8, 4) is 0 Å². The van der Waals surface area contributed by atoms with Crippen molar-refractivity contribution in [1.29, 1.82) is 0 Å². The highest BCUT2D eigenvalue weighted by Crippen LogP contribution is 2.01. The molecule has 3 nitrogen and oxygen atoms in total. The molecule has 3 heteroatoms. The number of unbranched alkanes of at least 4 members (excludes halogenated alkanes) is 2. The van der Waals surface area contributed by atoms with Crippen molar-refractivity contribution in [1.82, 2.24) is 5.32 Å². The first kappa shape index (κ1) is 13.4. The first-order valence-electron chi connectivity index (χ1n) is 5.74. The lowest BCUT2D eigenvalue weighted by Crippen LogP contribution is -2.35. The molecule has 0 fully saturated rings. The van der Waals surface area contributed by atoms with E-state index in [2.05, 4.69) is 19.2 Å². The molecule has 0 saturated carbocycles. The van der Waals surface area contributed by atoms with Gasteiger partial charge in [-0.15, -0.1) is 0 Å². The summed E-state index contributed by atoms with van der Waals surface area (Å²) in [5.74, 6) is 0.179. The highest BCUT2D eigenvalue weighted by molar-refractivity contribution is 5.76. The molecule has 84 valence electrons. The molecule has 0 heterocycles. The average Bonchev–Trinajstić information content (AvgIpc) is 2.17. The van der Waals surface area contributed by atoms with Crippen molar-refractivity contribution in [2.24, 2.45) is 5.73 Å². The monoisotopic (exact) mass is 200 g/mol. The summed E-state index contributed by atoms with van der Waals surface area (Å²) in [4.78, 5) is 11.4. The maximum atomic E-state index is 11.4. The molecule has 0 spiro atoms. The van der Waals surface area contributed by atoms with Crippen LogP contribution in [0.4, 0.5) is 0 Å². The van der Waals surface area contributed by atoms with Crippen molar-refractivity contribution in [3.63, 3.8) is 0 Å². The summed E-state index contributed by atoms with van der Waals surface area (Å²) in [6.07, 6.45) is 5.82. The molecule has 0 aromatic rings. The molecule has 0 aliphatic heterocycles. The zero-order valence-electron chi connectivity index (χ0n) is 9.51. The van der Waals surface area contributed by atoms with E-state index in [-0.39, 0.29) is 11.9 Å². The topological polar surface area (TPSA) is 55.1 Å². The quantitative estimate of drug-likeness (QED) is 0.587. The van der Waals surface area contributed by atoms with Crippen LogP contribution in [0.3, 0.4) is 0 Å². The Morgan fingerprint density at radius 3 is 2.57 bits per heavy atom. The fraction of sp³-hybridized carbons (Fsp3) is 0.909. The summed E-state index contributed by atoms with van der Waals surface area (Å²) < 4.78 is 0. The Bertz CT molecular complexity index is 148. The van der Waals surface area contributed by atoms with Crippen LogP contribution >= 0.6 is 0 Å². The third-order valence-electron chi connectivity index (χ3n) is 2.38. The Labute approximate surface area is 87.4 Å². The minimum Gasteiger partial charge on any atom is -0.353 e. The second-order valence-corrected chi connectivity index (χ2v) is 3.71. The van der Waals surface area contributed by atoms with Gasteiger partial charge in [-0.25, -0.2) is 0 Å². The number of carbonyl (C=O) groups is 1. The highest BCUT2D eigenvalue weighted by atomic mass is 16.1. The summed E-state index contributed by atoms with van der Waals surface area (Å²) in [6, 6.07) is 0.272. The van der Waals surface area contributed by atoms with Crippen LogP contribution in [0.2, 0.25) is 0 Å². The molecular formula is C11H24N2O. The molecule has 0 aromatic heterocycles. The van der Waals surface area contributed by atoms with Crippen LogP contribution in [0, 0.1) is 0 Å². The summed E-state index contributed by atoms with van der Waals surface area (Å²) in [5, 5.41) is 3.01. The van der Waals surface area contributed by atoms with Crippen LogP contribution < -0.4 is 11.1 Å².